The summed E-state index contributed by atoms with van der Waals surface area (Å²) in [6, 6.07) is 14.7. The zero-order valence-electron chi connectivity index (χ0n) is 11.5. The van der Waals surface area contributed by atoms with E-state index in [-0.39, 0.29) is 0 Å². The van der Waals surface area contributed by atoms with E-state index in [0.717, 1.165) is 26.8 Å². The highest BCUT2D eigenvalue weighted by Gasteiger charge is 2.07. The van der Waals surface area contributed by atoms with Crippen LogP contribution in [0.3, 0.4) is 0 Å². The predicted octanol–water partition coefficient (Wildman–Crippen LogP) is 5.26. The predicted molar refractivity (Wildman–Crippen MR) is 91.6 cm³/mol. The van der Waals surface area contributed by atoms with Gasteiger partial charge in [-0.3, -0.25) is 0 Å². The van der Waals surface area contributed by atoms with Crippen molar-refractivity contribution in [2.75, 3.05) is 12.4 Å². The monoisotopic (exact) mass is 397 g/mol. The number of rotatable bonds is 5. The molecular formula is C16H17Br2NO. The van der Waals surface area contributed by atoms with Crippen LogP contribution < -0.4 is 10.1 Å². The summed E-state index contributed by atoms with van der Waals surface area (Å²) in [6.07, 6.45) is 0.969. The second-order valence-electron chi connectivity index (χ2n) is 4.72. The summed E-state index contributed by atoms with van der Waals surface area (Å²) < 4.78 is 7.41. The quantitative estimate of drug-likeness (QED) is 0.741. The molecule has 1 atom stereocenters. The highest BCUT2D eigenvalue weighted by atomic mass is 79.9. The first kappa shape index (κ1) is 15.4. The maximum absolute atomic E-state index is 5.26. The Morgan fingerprint density at radius 2 is 1.80 bits per heavy atom. The second kappa shape index (κ2) is 7.14. The van der Waals surface area contributed by atoms with Crippen molar-refractivity contribution in [1.29, 1.82) is 0 Å². The van der Waals surface area contributed by atoms with Gasteiger partial charge in [-0.05, 0) is 59.1 Å². The molecule has 106 valence electrons. The van der Waals surface area contributed by atoms with Crippen LogP contribution in [0.4, 0.5) is 5.69 Å². The van der Waals surface area contributed by atoms with Crippen LogP contribution in [0.25, 0.3) is 0 Å². The molecule has 2 aromatic rings. The fourth-order valence-electron chi connectivity index (χ4n) is 2.03. The Kier molecular flexibility index (Phi) is 5.49. The van der Waals surface area contributed by atoms with E-state index in [9.17, 15) is 0 Å². The fourth-order valence-corrected chi connectivity index (χ4v) is 2.66. The summed E-state index contributed by atoms with van der Waals surface area (Å²) in [6.45, 7) is 2.17. The molecule has 0 aromatic heterocycles. The molecule has 2 aromatic carbocycles. The zero-order valence-corrected chi connectivity index (χ0v) is 14.7. The van der Waals surface area contributed by atoms with Gasteiger partial charge in [0.1, 0.15) is 5.75 Å². The molecule has 1 unspecified atom stereocenters. The first-order valence-electron chi connectivity index (χ1n) is 6.43. The molecule has 0 aliphatic heterocycles. The fraction of sp³-hybridized carbons (Fsp3) is 0.250. The SMILES string of the molecule is COc1ccc(Br)c(NC(C)Cc2ccc(Br)cc2)c1. The van der Waals surface area contributed by atoms with Gasteiger partial charge in [-0.2, -0.15) is 0 Å². The van der Waals surface area contributed by atoms with Crippen LogP contribution in [0, 0.1) is 0 Å². The Morgan fingerprint density at radius 1 is 1.10 bits per heavy atom. The van der Waals surface area contributed by atoms with Gasteiger partial charge in [0.2, 0.25) is 0 Å². The summed E-state index contributed by atoms with van der Waals surface area (Å²) in [4.78, 5) is 0. The van der Waals surface area contributed by atoms with Crippen molar-refractivity contribution in [3.05, 3.63) is 57.0 Å². The second-order valence-corrected chi connectivity index (χ2v) is 6.49. The average Bonchev–Trinajstić information content (AvgIpc) is 2.44. The number of ether oxygens (including phenoxy) is 1. The molecule has 1 N–H and O–H groups in total. The Labute approximate surface area is 136 Å². The van der Waals surface area contributed by atoms with E-state index < -0.39 is 0 Å². The highest BCUT2D eigenvalue weighted by molar-refractivity contribution is 9.10. The highest BCUT2D eigenvalue weighted by Crippen LogP contribution is 2.28. The van der Waals surface area contributed by atoms with Crippen LogP contribution in [0.15, 0.2) is 51.4 Å². The van der Waals surface area contributed by atoms with Crippen LogP contribution >= 0.6 is 31.9 Å². The van der Waals surface area contributed by atoms with Crippen molar-refractivity contribution >= 4 is 37.5 Å². The lowest BCUT2D eigenvalue weighted by Gasteiger charge is -2.17. The molecule has 0 fully saturated rings. The normalized spacial score (nSPS) is 12.0. The summed E-state index contributed by atoms with van der Waals surface area (Å²) in [5.41, 5.74) is 2.36. The van der Waals surface area contributed by atoms with Gasteiger partial charge in [0.05, 0.1) is 12.8 Å². The molecule has 2 rings (SSSR count). The van der Waals surface area contributed by atoms with Gasteiger partial charge >= 0.3 is 0 Å². The van der Waals surface area contributed by atoms with Crippen molar-refractivity contribution in [2.45, 2.75) is 19.4 Å². The lowest BCUT2D eigenvalue weighted by Crippen LogP contribution is -2.18. The van der Waals surface area contributed by atoms with Crippen molar-refractivity contribution < 1.29 is 4.74 Å². The first-order valence-corrected chi connectivity index (χ1v) is 8.01. The lowest BCUT2D eigenvalue weighted by atomic mass is 10.1. The van der Waals surface area contributed by atoms with E-state index in [1.165, 1.54) is 5.56 Å². The summed E-state index contributed by atoms with van der Waals surface area (Å²) in [7, 11) is 1.68. The molecule has 0 amide bonds. The van der Waals surface area contributed by atoms with Gasteiger partial charge in [0.25, 0.3) is 0 Å². The Balaban J connectivity index is 2.04. The van der Waals surface area contributed by atoms with Crippen molar-refractivity contribution in [3.8, 4) is 5.75 Å². The van der Waals surface area contributed by atoms with E-state index in [0.29, 0.717) is 6.04 Å². The van der Waals surface area contributed by atoms with Crippen LogP contribution in [-0.4, -0.2) is 13.2 Å². The molecule has 2 nitrogen and oxygen atoms in total. The molecule has 0 aliphatic rings. The number of nitrogens with one attached hydrogen (secondary N) is 1. The van der Waals surface area contributed by atoms with Crippen LogP contribution in [0.1, 0.15) is 12.5 Å². The molecule has 4 heteroatoms. The number of methoxy groups -OCH3 is 1. The third-order valence-electron chi connectivity index (χ3n) is 3.03. The van der Waals surface area contributed by atoms with Crippen molar-refractivity contribution in [1.82, 2.24) is 0 Å². The Morgan fingerprint density at radius 3 is 2.45 bits per heavy atom. The largest absolute Gasteiger partial charge is 0.497 e. The lowest BCUT2D eigenvalue weighted by molar-refractivity contribution is 0.415. The number of halogens is 2. The van der Waals surface area contributed by atoms with E-state index in [1.54, 1.807) is 7.11 Å². The van der Waals surface area contributed by atoms with Crippen molar-refractivity contribution in [2.24, 2.45) is 0 Å². The molecule has 0 heterocycles. The first-order chi connectivity index (χ1) is 9.58. The smallest absolute Gasteiger partial charge is 0.121 e. The van der Waals surface area contributed by atoms with Crippen LogP contribution in [-0.2, 0) is 6.42 Å². The van der Waals surface area contributed by atoms with Gasteiger partial charge in [0, 0.05) is 21.1 Å². The molecule has 0 saturated carbocycles. The minimum Gasteiger partial charge on any atom is -0.497 e. The summed E-state index contributed by atoms with van der Waals surface area (Å²) in [5.74, 6) is 0.853. The number of hydrogen-bond donors (Lipinski definition) is 1. The third-order valence-corrected chi connectivity index (χ3v) is 4.25. The number of benzene rings is 2. The van der Waals surface area contributed by atoms with E-state index in [2.05, 4.69) is 68.4 Å². The minimum absolute atomic E-state index is 0.333. The maximum atomic E-state index is 5.26. The minimum atomic E-state index is 0.333. The maximum Gasteiger partial charge on any atom is 0.121 e. The molecule has 0 bridgehead atoms. The summed E-state index contributed by atoms with van der Waals surface area (Å²) >= 11 is 7.01. The molecule has 20 heavy (non-hydrogen) atoms. The summed E-state index contributed by atoms with van der Waals surface area (Å²) in [5, 5.41) is 3.51. The van der Waals surface area contributed by atoms with E-state index in [1.807, 2.05) is 18.2 Å². The van der Waals surface area contributed by atoms with Gasteiger partial charge < -0.3 is 10.1 Å². The number of hydrogen-bond acceptors (Lipinski definition) is 2. The van der Waals surface area contributed by atoms with Gasteiger partial charge in [0.15, 0.2) is 0 Å². The van der Waals surface area contributed by atoms with Gasteiger partial charge in [-0.15, -0.1) is 0 Å². The molecule has 0 spiro atoms. The van der Waals surface area contributed by atoms with Crippen LogP contribution in [0.2, 0.25) is 0 Å². The Hall–Kier alpha value is -1.00. The van der Waals surface area contributed by atoms with Crippen LogP contribution in [0.5, 0.6) is 5.75 Å². The molecule has 0 aliphatic carbocycles. The standard InChI is InChI=1S/C16H17Br2NO/c1-11(9-12-3-5-13(17)6-4-12)19-16-10-14(20-2)7-8-15(16)18/h3-8,10-11,19H,9H2,1-2H3. The molecule has 0 saturated heterocycles. The van der Waals surface area contributed by atoms with Gasteiger partial charge in [-0.1, -0.05) is 28.1 Å². The molecular weight excluding hydrogens is 382 g/mol. The van der Waals surface area contributed by atoms with Crippen molar-refractivity contribution in [3.63, 3.8) is 0 Å². The zero-order chi connectivity index (χ0) is 14.5. The van der Waals surface area contributed by atoms with E-state index in [4.69, 9.17) is 4.74 Å². The third kappa shape index (κ3) is 4.25. The van der Waals surface area contributed by atoms with Gasteiger partial charge in [-0.25, -0.2) is 0 Å². The number of anilines is 1. The topological polar surface area (TPSA) is 21.3 Å². The van der Waals surface area contributed by atoms with E-state index >= 15 is 0 Å². The molecule has 0 radical (unpaired) electrons. The average molecular weight is 399 g/mol. The Bertz CT molecular complexity index is 569.